The minimum atomic E-state index is -0.819. The summed E-state index contributed by atoms with van der Waals surface area (Å²) in [6, 6.07) is 4.92. The number of hydrogen-bond donors (Lipinski definition) is 2. The van der Waals surface area contributed by atoms with Crippen molar-refractivity contribution in [3.63, 3.8) is 0 Å². The molecule has 2 fully saturated rings. The summed E-state index contributed by atoms with van der Waals surface area (Å²) in [7, 11) is 1.68. The molecule has 11 nitrogen and oxygen atoms in total. The Morgan fingerprint density at radius 1 is 1.27 bits per heavy atom. The quantitative estimate of drug-likeness (QED) is 0.159. The second-order valence-corrected chi connectivity index (χ2v) is 15.8. The average molecular weight is 729 g/mol. The van der Waals surface area contributed by atoms with Gasteiger partial charge in [-0.1, -0.05) is 39.0 Å². The number of benzene rings is 1. The largest absolute Gasteiger partial charge is 0.464 e. The lowest BCUT2D eigenvalue weighted by Gasteiger charge is -2.36. The van der Waals surface area contributed by atoms with Gasteiger partial charge in [-0.3, -0.25) is 24.4 Å². The molecule has 0 spiro atoms. The van der Waals surface area contributed by atoms with E-state index in [1.165, 1.54) is 16.3 Å². The standard InChI is InChI=1S/C40H52N6O5S/c1-8-27(35(41-9-2)24(4)50-7)36-29-21-40(5,6)23-51-39(49)30-15-12-18-46(44-30)38(48)31(43-37(47)25-13-11-14-25)20-34-42-32(22-52-34)26-16-17-33(28(29)19-26)45(36)10-3/h8-9,16-17,19,22,24-25,30-31,44H,1,10-15,18,20-21,23H2,2-7H3,(H,43,47)/b35-27+,41-9-/t24-,30-,31-/m0/s1. The summed E-state index contributed by atoms with van der Waals surface area (Å²) in [5.41, 5.74) is 9.28. The van der Waals surface area contributed by atoms with Gasteiger partial charge in [-0.25, -0.2) is 10.4 Å². The third kappa shape index (κ3) is 7.65. The number of carbonyl (C=O) groups is 3. The number of nitrogens with zero attached hydrogens (tertiary/aromatic N) is 4. The number of carbonyl (C=O) groups excluding carboxylic acids is 3. The van der Waals surface area contributed by atoms with Gasteiger partial charge in [0.05, 0.1) is 34.8 Å². The number of ether oxygens (including phenoxy) is 2. The summed E-state index contributed by atoms with van der Waals surface area (Å²) >= 11 is 1.48. The van der Waals surface area contributed by atoms with Crippen LogP contribution in [0.3, 0.4) is 0 Å². The number of fused-ring (bicyclic) bond motifs is 6. The van der Waals surface area contributed by atoms with Crippen molar-refractivity contribution in [2.45, 2.75) is 104 Å². The number of hydrogen-bond acceptors (Lipinski definition) is 9. The molecule has 0 unspecified atom stereocenters. The molecule has 1 aliphatic carbocycles. The fraction of sp³-hybridized carbons (Fsp3) is 0.525. The number of allylic oxidation sites excluding steroid dienone is 2. The number of nitrogens with one attached hydrogen (secondary N) is 2. The molecule has 4 heterocycles. The minimum Gasteiger partial charge on any atom is -0.464 e. The van der Waals surface area contributed by atoms with Crippen LogP contribution in [-0.2, 0) is 43.2 Å². The number of aryl methyl sites for hydroxylation is 1. The Bertz CT molecular complexity index is 1900. The molecule has 1 saturated heterocycles. The van der Waals surface area contributed by atoms with Crippen LogP contribution in [0.4, 0.5) is 0 Å². The molecule has 6 rings (SSSR count). The predicted molar refractivity (Wildman–Crippen MR) is 206 cm³/mol. The summed E-state index contributed by atoms with van der Waals surface area (Å²) in [4.78, 5) is 50.6. The van der Waals surface area contributed by atoms with E-state index in [1.807, 2.05) is 25.3 Å². The van der Waals surface area contributed by atoms with Crippen molar-refractivity contribution in [2.75, 3.05) is 20.3 Å². The van der Waals surface area contributed by atoms with E-state index in [9.17, 15) is 14.4 Å². The fourth-order valence-electron chi connectivity index (χ4n) is 7.44. The molecule has 2 amide bonds. The second kappa shape index (κ2) is 15.9. The SMILES string of the molecule is C=C/C(=C(\N=C/C)[C@H](C)OC)c1c2c3cc(ccc3n1CC)-c1csc(n1)C[C@H](NC(=O)C1CCC1)C(=O)N1CCC[C@H](N1)C(=O)OCC(C)(C)C2. The first kappa shape index (κ1) is 37.6. The smallest absolute Gasteiger partial charge is 0.324 e. The molecule has 1 saturated carbocycles. The van der Waals surface area contributed by atoms with Gasteiger partial charge in [-0.15, -0.1) is 11.3 Å². The lowest BCUT2D eigenvalue weighted by Crippen LogP contribution is -2.61. The Morgan fingerprint density at radius 3 is 2.73 bits per heavy atom. The van der Waals surface area contributed by atoms with Gasteiger partial charge < -0.3 is 19.4 Å². The maximum absolute atomic E-state index is 14.0. The van der Waals surface area contributed by atoms with Crippen molar-refractivity contribution < 1.29 is 23.9 Å². The number of esters is 1. The number of aromatic nitrogens is 2. The topological polar surface area (TPSA) is 127 Å². The summed E-state index contributed by atoms with van der Waals surface area (Å²) in [6.45, 7) is 15.8. The molecule has 278 valence electrons. The lowest BCUT2D eigenvalue weighted by molar-refractivity contribution is -0.155. The first-order valence-corrected chi connectivity index (χ1v) is 19.4. The normalized spacial score (nSPS) is 22.4. The van der Waals surface area contributed by atoms with Gasteiger partial charge in [-0.05, 0) is 70.6 Å². The van der Waals surface area contributed by atoms with E-state index < -0.39 is 23.5 Å². The van der Waals surface area contributed by atoms with Gasteiger partial charge in [0, 0.05) is 71.6 Å². The van der Waals surface area contributed by atoms with Crippen LogP contribution in [0.15, 0.2) is 46.9 Å². The van der Waals surface area contributed by atoms with Crippen LogP contribution in [0, 0.1) is 11.3 Å². The molecule has 2 aliphatic heterocycles. The van der Waals surface area contributed by atoms with Gasteiger partial charge in [0.25, 0.3) is 5.91 Å². The van der Waals surface area contributed by atoms with Crippen LogP contribution in [-0.4, -0.2) is 77.0 Å². The number of rotatable bonds is 8. The van der Waals surface area contributed by atoms with Gasteiger partial charge in [0.1, 0.15) is 12.1 Å². The maximum atomic E-state index is 14.0. The van der Waals surface area contributed by atoms with Crippen molar-refractivity contribution in [2.24, 2.45) is 16.3 Å². The molecule has 3 aromatic rings. The number of thiazole rings is 1. The van der Waals surface area contributed by atoms with E-state index in [1.54, 1.807) is 13.3 Å². The molecule has 3 aliphatic rings. The van der Waals surface area contributed by atoms with E-state index in [4.69, 9.17) is 19.5 Å². The van der Waals surface area contributed by atoms with Crippen molar-refractivity contribution in [3.05, 3.63) is 58.2 Å². The van der Waals surface area contributed by atoms with E-state index in [0.717, 1.165) is 69.0 Å². The van der Waals surface area contributed by atoms with Gasteiger partial charge in [0.15, 0.2) is 0 Å². The van der Waals surface area contributed by atoms with Crippen LogP contribution in [0.5, 0.6) is 0 Å². The summed E-state index contributed by atoms with van der Waals surface area (Å²) in [5, 5.41) is 8.37. The van der Waals surface area contributed by atoms with Gasteiger partial charge in [0.2, 0.25) is 5.91 Å². The Balaban J connectivity index is 1.51. The second-order valence-electron chi connectivity index (χ2n) is 14.9. The summed E-state index contributed by atoms with van der Waals surface area (Å²) in [5.74, 6) is -0.851. The molecule has 1 aromatic carbocycles. The van der Waals surface area contributed by atoms with Gasteiger partial charge >= 0.3 is 5.97 Å². The first-order chi connectivity index (χ1) is 25.0. The van der Waals surface area contributed by atoms with Crippen molar-refractivity contribution in [1.29, 1.82) is 0 Å². The summed E-state index contributed by atoms with van der Waals surface area (Å²) < 4.78 is 14.1. The van der Waals surface area contributed by atoms with Crippen LogP contribution < -0.4 is 10.7 Å². The fourth-order valence-corrected chi connectivity index (χ4v) is 8.29. The van der Waals surface area contributed by atoms with Gasteiger partial charge in [-0.2, -0.15) is 0 Å². The highest BCUT2D eigenvalue weighted by atomic mass is 32.1. The number of cyclic esters (lactones) is 1. The highest BCUT2D eigenvalue weighted by Gasteiger charge is 2.37. The molecule has 2 N–H and O–H groups in total. The number of methoxy groups -OCH3 is 1. The van der Waals surface area contributed by atoms with E-state index >= 15 is 0 Å². The molecule has 0 radical (unpaired) electrons. The third-order valence-electron chi connectivity index (χ3n) is 10.5. The van der Waals surface area contributed by atoms with Crippen LogP contribution in [0.1, 0.15) is 83.0 Å². The minimum absolute atomic E-state index is 0.0756. The van der Waals surface area contributed by atoms with E-state index in [2.05, 4.69) is 60.9 Å². The molecular weight excluding hydrogens is 677 g/mol. The predicted octanol–water partition coefficient (Wildman–Crippen LogP) is 6.26. The summed E-state index contributed by atoms with van der Waals surface area (Å²) in [6.07, 6.45) is 8.05. The average Bonchev–Trinajstić information content (AvgIpc) is 3.70. The molecule has 2 aromatic heterocycles. The van der Waals surface area contributed by atoms with Crippen molar-refractivity contribution in [1.82, 2.24) is 25.3 Å². The molecule has 6 bridgehead atoms. The Hall–Kier alpha value is -4.13. The zero-order valence-corrected chi connectivity index (χ0v) is 32.1. The Labute approximate surface area is 310 Å². The molecule has 3 atom stereocenters. The first-order valence-electron chi connectivity index (χ1n) is 18.5. The highest BCUT2D eigenvalue weighted by molar-refractivity contribution is 7.10. The number of hydrazine groups is 1. The van der Waals surface area contributed by atoms with Crippen LogP contribution in [0.25, 0.3) is 27.7 Å². The number of amides is 2. The Morgan fingerprint density at radius 2 is 2.06 bits per heavy atom. The van der Waals surface area contributed by atoms with Crippen LogP contribution >= 0.6 is 11.3 Å². The van der Waals surface area contributed by atoms with Crippen molar-refractivity contribution >= 4 is 51.8 Å². The van der Waals surface area contributed by atoms with E-state index in [0.29, 0.717) is 32.4 Å². The maximum Gasteiger partial charge on any atom is 0.324 e. The van der Waals surface area contributed by atoms with Crippen molar-refractivity contribution in [3.8, 4) is 11.3 Å². The lowest BCUT2D eigenvalue weighted by atomic mass is 9.84. The zero-order chi connectivity index (χ0) is 37.2. The zero-order valence-electron chi connectivity index (χ0n) is 31.3. The van der Waals surface area contributed by atoms with Crippen LogP contribution in [0.2, 0.25) is 0 Å². The monoisotopic (exact) mass is 728 g/mol. The third-order valence-corrected chi connectivity index (χ3v) is 11.4. The number of aliphatic imine (C=N–C) groups is 1. The highest BCUT2D eigenvalue weighted by Crippen LogP contribution is 2.40. The molecular formula is C40H52N6O5S. The Kier molecular flexibility index (Phi) is 11.5. The molecule has 52 heavy (non-hydrogen) atoms. The van der Waals surface area contributed by atoms with E-state index in [-0.39, 0.29) is 36.9 Å². The molecule has 12 heteroatoms.